The average Bonchev–Trinajstić information content (AvgIpc) is 3.22. The van der Waals surface area contributed by atoms with E-state index in [4.69, 9.17) is 9.47 Å². The fraction of sp³-hybridized carbons (Fsp3) is 0.311. The first kappa shape index (κ1) is 39.5. The van der Waals surface area contributed by atoms with E-state index in [9.17, 15) is 18.3 Å². The van der Waals surface area contributed by atoms with Gasteiger partial charge in [-0.3, -0.25) is 14.6 Å². The minimum Gasteiger partial charge on any atom is -0.392 e. The molecule has 2 heterocycles. The molecule has 0 bridgehead atoms. The summed E-state index contributed by atoms with van der Waals surface area (Å²) in [5.41, 5.74) is 6.13. The van der Waals surface area contributed by atoms with Crippen molar-refractivity contribution in [1.82, 2.24) is 14.5 Å². The summed E-state index contributed by atoms with van der Waals surface area (Å²) in [4.78, 5) is 19.0. The van der Waals surface area contributed by atoms with E-state index in [-0.39, 0.29) is 30.1 Å². The van der Waals surface area contributed by atoms with E-state index >= 15 is 0 Å². The molecule has 0 aliphatic carbocycles. The molecule has 0 spiro atoms. The normalized spacial score (nSPS) is 20.0. The number of hydrogen-bond acceptors (Lipinski definition) is 8. The molecule has 0 unspecified atom stereocenters. The van der Waals surface area contributed by atoms with Crippen LogP contribution in [0, 0.1) is 6.92 Å². The molecule has 56 heavy (non-hydrogen) atoms. The van der Waals surface area contributed by atoms with Gasteiger partial charge in [-0.1, -0.05) is 115 Å². The minimum absolute atomic E-state index is 0.0332. The number of amides is 1. The number of piperazine rings is 1. The molecule has 11 heteroatoms. The number of carbonyl (C=O) groups is 1. The summed E-state index contributed by atoms with van der Waals surface area (Å²) >= 11 is 0. The molecule has 5 aromatic carbocycles. The van der Waals surface area contributed by atoms with Crippen LogP contribution in [0.2, 0.25) is 0 Å². The van der Waals surface area contributed by atoms with Gasteiger partial charge in [0.25, 0.3) is 0 Å². The lowest BCUT2D eigenvalue weighted by molar-refractivity contribution is -0.253. The largest absolute Gasteiger partial charge is 0.392 e. The van der Waals surface area contributed by atoms with Gasteiger partial charge in [-0.15, -0.1) is 0 Å². The summed E-state index contributed by atoms with van der Waals surface area (Å²) in [6, 6.07) is 40.5. The number of nitrogens with zero attached hydrogens (tertiary/aromatic N) is 2. The second-order valence-corrected chi connectivity index (χ2v) is 16.4. The zero-order valence-corrected chi connectivity index (χ0v) is 32.5. The lowest BCUT2D eigenvalue weighted by atomic mass is 9.99. The quantitative estimate of drug-likeness (QED) is 0.119. The Kier molecular flexibility index (Phi) is 13.0. The van der Waals surface area contributed by atoms with Crippen molar-refractivity contribution in [3.63, 3.8) is 0 Å². The molecule has 2 fully saturated rings. The Balaban J connectivity index is 1.06. The fourth-order valence-electron chi connectivity index (χ4n) is 7.30. The van der Waals surface area contributed by atoms with Crippen LogP contribution in [0.4, 0.5) is 5.69 Å². The van der Waals surface area contributed by atoms with E-state index < -0.39 is 28.3 Å². The fourth-order valence-corrected chi connectivity index (χ4v) is 8.49. The Labute approximate surface area is 330 Å². The Hall–Kier alpha value is -4.72. The van der Waals surface area contributed by atoms with Gasteiger partial charge in [0.15, 0.2) is 6.29 Å². The van der Waals surface area contributed by atoms with Crippen molar-refractivity contribution in [2.75, 3.05) is 38.0 Å². The third-order valence-electron chi connectivity index (χ3n) is 10.4. The van der Waals surface area contributed by atoms with Gasteiger partial charge in [-0.05, 0) is 59.9 Å². The summed E-state index contributed by atoms with van der Waals surface area (Å²) < 4.78 is 42.9. The van der Waals surface area contributed by atoms with Crippen LogP contribution in [0.3, 0.4) is 0 Å². The third kappa shape index (κ3) is 10.6. The van der Waals surface area contributed by atoms with Crippen LogP contribution in [0.5, 0.6) is 0 Å². The number of benzene rings is 5. The average molecular weight is 775 g/mol. The first-order chi connectivity index (χ1) is 27.2. The number of carbonyl (C=O) groups excluding carboxylic acids is 1. The first-order valence-electron chi connectivity index (χ1n) is 19.2. The molecule has 10 nitrogen and oxygen atoms in total. The van der Waals surface area contributed by atoms with Gasteiger partial charge in [-0.2, -0.15) is 4.72 Å². The summed E-state index contributed by atoms with van der Waals surface area (Å²) in [7, 11) is -4.00. The van der Waals surface area contributed by atoms with Crippen molar-refractivity contribution in [3.8, 4) is 0 Å². The number of nitrogens with one attached hydrogen (secondary N) is 2. The van der Waals surface area contributed by atoms with Gasteiger partial charge in [0.1, 0.15) is 6.04 Å². The maximum Gasteiger partial charge on any atom is 0.242 e. The molecular weight excluding hydrogens is 725 g/mol. The zero-order chi connectivity index (χ0) is 38.9. The molecule has 2 aliphatic heterocycles. The van der Waals surface area contributed by atoms with Crippen LogP contribution in [0.15, 0.2) is 138 Å². The monoisotopic (exact) mass is 774 g/mol. The highest BCUT2D eigenvalue weighted by Gasteiger charge is 2.34. The van der Waals surface area contributed by atoms with Gasteiger partial charge in [0.05, 0.1) is 23.7 Å². The number of anilines is 1. The molecule has 3 N–H and O–H groups in total. The molecule has 7 rings (SSSR count). The maximum absolute atomic E-state index is 13.9. The van der Waals surface area contributed by atoms with E-state index in [0.29, 0.717) is 12.1 Å². The van der Waals surface area contributed by atoms with Gasteiger partial charge < -0.3 is 19.9 Å². The summed E-state index contributed by atoms with van der Waals surface area (Å²) in [6.45, 7) is 7.37. The SMILES string of the molecule is Cc1ccc(S(=O)(=O)N[C@H](Cc2ccccc2)C(=O)Nc2cccc([C@@H]3O[C@H](CN4CCN(Cc5ccccc5)CC4)C[C@H](c4ccc(CO)cc4)O3)c2)cc1. The molecule has 4 atom stereocenters. The number of hydrogen-bond donors (Lipinski definition) is 3. The lowest BCUT2D eigenvalue weighted by Crippen LogP contribution is -2.49. The smallest absolute Gasteiger partial charge is 0.242 e. The maximum atomic E-state index is 13.9. The summed E-state index contributed by atoms with van der Waals surface area (Å²) in [5, 5.41) is 12.6. The van der Waals surface area contributed by atoms with Crippen LogP contribution in [0.1, 0.15) is 52.2 Å². The third-order valence-corrected chi connectivity index (χ3v) is 11.9. The van der Waals surface area contributed by atoms with Crippen molar-refractivity contribution in [3.05, 3.63) is 167 Å². The number of ether oxygens (including phenoxy) is 2. The van der Waals surface area contributed by atoms with Crippen LogP contribution < -0.4 is 10.0 Å². The van der Waals surface area contributed by atoms with E-state index in [0.717, 1.165) is 67.1 Å². The first-order valence-corrected chi connectivity index (χ1v) is 20.7. The van der Waals surface area contributed by atoms with E-state index in [1.165, 1.54) is 17.7 Å². The molecular formula is C45H50N4O6S. The minimum atomic E-state index is -4.00. The van der Waals surface area contributed by atoms with Crippen molar-refractivity contribution in [2.24, 2.45) is 0 Å². The Bertz CT molecular complexity index is 2130. The second-order valence-electron chi connectivity index (χ2n) is 14.7. The number of aliphatic hydroxyl groups is 1. The highest BCUT2D eigenvalue weighted by Crippen LogP contribution is 2.39. The molecule has 0 radical (unpaired) electrons. The van der Waals surface area contributed by atoms with Gasteiger partial charge >= 0.3 is 0 Å². The summed E-state index contributed by atoms with van der Waals surface area (Å²) in [6.07, 6.45) is -0.270. The highest BCUT2D eigenvalue weighted by molar-refractivity contribution is 7.89. The molecule has 0 aromatic heterocycles. The lowest BCUT2D eigenvalue weighted by Gasteiger charge is -2.41. The topological polar surface area (TPSA) is 120 Å². The van der Waals surface area contributed by atoms with E-state index in [1.807, 2.05) is 85.8 Å². The van der Waals surface area contributed by atoms with Crippen LogP contribution in [0.25, 0.3) is 0 Å². The zero-order valence-electron chi connectivity index (χ0n) is 31.7. The molecule has 292 valence electrons. The van der Waals surface area contributed by atoms with Crippen molar-refractivity contribution >= 4 is 21.6 Å². The molecule has 1 amide bonds. The van der Waals surface area contributed by atoms with E-state index in [1.54, 1.807) is 18.2 Å². The standard InChI is InChI=1S/C45H50N4O6S/c1-33-15-21-41(22-16-33)56(52,53)47-42(27-34-9-4-2-5-10-34)44(51)46-39-14-8-13-38(28-39)45-54-40(29-43(55-45)37-19-17-36(32-50)18-20-37)31-49-25-23-48(24-26-49)30-35-11-6-3-7-12-35/h2-22,28,40,42-43,45,47,50H,23-27,29-32H2,1H3,(H,46,51)/t40-,42+,43+,45+/m0/s1. The van der Waals surface area contributed by atoms with Gasteiger partial charge in [0, 0.05) is 56.9 Å². The van der Waals surface area contributed by atoms with Crippen molar-refractivity contribution < 1.29 is 27.8 Å². The van der Waals surface area contributed by atoms with E-state index in [2.05, 4.69) is 44.1 Å². The van der Waals surface area contributed by atoms with Crippen molar-refractivity contribution in [1.29, 1.82) is 0 Å². The second kappa shape index (κ2) is 18.5. The van der Waals surface area contributed by atoms with Crippen LogP contribution in [-0.2, 0) is 43.9 Å². The van der Waals surface area contributed by atoms with Gasteiger partial charge in [-0.25, -0.2) is 8.42 Å². The van der Waals surface area contributed by atoms with Crippen LogP contribution >= 0.6 is 0 Å². The molecule has 2 aliphatic rings. The Morgan fingerprint density at radius 2 is 1.41 bits per heavy atom. The number of aryl methyl sites for hydroxylation is 1. The van der Waals surface area contributed by atoms with Crippen LogP contribution in [-0.4, -0.2) is 74.1 Å². The molecule has 2 saturated heterocycles. The predicted octanol–water partition coefficient (Wildman–Crippen LogP) is 6.38. The number of aliphatic hydroxyl groups excluding tert-OH is 1. The molecule has 5 aromatic rings. The number of rotatable bonds is 14. The molecule has 0 saturated carbocycles. The summed E-state index contributed by atoms with van der Waals surface area (Å²) in [5.74, 6) is -0.488. The Morgan fingerprint density at radius 3 is 2.09 bits per heavy atom. The highest BCUT2D eigenvalue weighted by atomic mass is 32.2. The van der Waals surface area contributed by atoms with Crippen molar-refractivity contribution in [2.45, 2.75) is 62.4 Å². The number of sulfonamides is 1. The predicted molar refractivity (Wildman–Crippen MR) is 217 cm³/mol. The Morgan fingerprint density at radius 1 is 0.750 bits per heavy atom. The van der Waals surface area contributed by atoms with Gasteiger partial charge in [0.2, 0.25) is 15.9 Å².